The second kappa shape index (κ2) is 18.7. The summed E-state index contributed by atoms with van der Waals surface area (Å²) in [5.74, 6) is 0. The minimum atomic E-state index is 1.37. The summed E-state index contributed by atoms with van der Waals surface area (Å²) >= 11 is 0. The van der Waals surface area contributed by atoms with Gasteiger partial charge in [0.05, 0.1) is 0 Å². The minimum Gasteiger partial charge on any atom is -0.303 e. The van der Waals surface area contributed by atoms with Crippen molar-refractivity contribution in [2.45, 2.75) is 135 Å². The molecule has 0 aliphatic carbocycles. The molecule has 3 fully saturated rings. The van der Waals surface area contributed by atoms with E-state index in [1.54, 1.807) is 0 Å². The Balaban J connectivity index is 1.86. The first kappa shape index (κ1) is 25.2. The van der Waals surface area contributed by atoms with E-state index in [1.807, 2.05) is 0 Å². The second-order valence-electron chi connectivity index (χ2n) is 10.1. The van der Waals surface area contributed by atoms with Gasteiger partial charge in [-0.05, 0) is 77.8 Å². The van der Waals surface area contributed by atoms with Crippen molar-refractivity contribution < 1.29 is 0 Å². The fourth-order valence-electron chi connectivity index (χ4n) is 5.33. The largest absolute Gasteiger partial charge is 0.303 e. The zero-order chi connectivity index (χ0) is 20.2. The third-order valence-corrected chi connectivity index (χ3v) is 7.35. The van der Waals surface area contributed by atoms with Gasteiger partial charge in [-0.1, -0.05) is 96.3 Å². The average molecular weight is 407 g/mol. The van der Waals surface area contributed by atoms with E-state index in [2.05, 4.69) is 9.80 Å². The Labute approximate surface area is 184 Å². The number of nitrogens with zero attached hydrogens (tertiary/aromatic N) is 2. The zero-order valence-corrected chi connectivity index (χ0v) is 20.0. The first-order valence-corrected chi connectivity index (χ1v) is 13.9. The van der Waals surface area contributed by atoms with Crippen LogP contribution in [0.25, 0.3) is 0 Å². The van der Waals surface area contributed by atoms with Crippen molar-refractivity contribution in [3.05, 3.63) is 0 Å². The molecule has 2 bridgehead atoms. The maximum atomic E-state index is 2.82. The molecule has 0 aromatic heterocycles. The molecule has 3 saturated heterocycles. The molecule has 3 rings (SSSR count). The van der Waals surface area contributed by atoms with Crippen LogP contribution in [-0.4, -0.2) is 49.1 Å². The number of fused-ring (bicyclic) bond motifs is 24. The smallest absolute Gasteiger partial charge is 0.00187 e. The molecule has 172 valence electrons. The predicted molar refractivity (Wildman–Crippen MR) is 130 cm³/mol. The molecule has 0 saturated carbocycles. The van der Waals surface area contributed by atoms with Crippen LogP contribution in [0.3, 0.4) is 0 Å². The molecule has 0 N–H and O–H groups in total. The third kappa shape index (κ3) is 14.5. The van der Waals surface area contributed by atoms with Crippen molar-refractivity contribution in [1.82, 2.24) is 9.80 Å². The lowest BCUT2D eigenvalue weighted by atomic mass is 10.1. The summed E-state index contributed by atoms with van der Waals surface area (Å²) in [4.78, 5) is 5.65. The van der Waals surface area contributed by atoms with Crippen molar-refractivity contribution in [3.8, 4) is 0 Å². The first-order valence-electron chi connectivity index (χ1n) is 13.9. The summed E-state index contributed by atoms with van der Waals surface area (Å²) in [6.45, 7) is 8.22. The van der Waals surface area contributed by atoms with E-state index in [0.717, 1.165) is 0 Å². The molecule has 0 spiro atoms. The van der Waals surface area contributed by atoms with E-state index in [0.29, 0.717) is 0 Å². The van der Waals surface area contributed by atoms with Crippen LogP contribution < -0.4 is 0 Å². The Hall–Kier alpha value is -0.0800. The predicted octanol–water partition coefficient (Wildman–Crippen LogP) is 7.81. The second-order valence-corrected chi connectivity index (χ2v) is 10.1. The summed E-state index contributed by atoms with van der Waals surface area (Å²) in [6.07, 6.45) is 30.6. The monoisotopic (exact) mass is 406 g/mol. The normalized spacial score (nSPS) is 29.8. The standard InChI is InChI=1S/C27H54N2/c1-4-10-16-22-28-24-18-12-6-2-7-13-19-25-29(23-17-11-5-1)27-21-15-9-3-8-14-20-26-28/h1-27H2. The van der Waals surface area contributed by atoms with Gasteiger partial charge in [0.1, 0.15) is 0 Å². The van der Waals surface area contributed by atoms with Gasteiger partial charge in [0.2, 0.25) is 0 Å². The van der Waals surface area contributed by atoms with E-state index in [9.17, 15) is 0 Å². The Morgan fingerprint density at radius 3 is 0.483 bits per heavy atom. The lowest BCUT2D eigenvalue weighted by Gasteiger charge is -2.23. The van der Waals surface area contributed by atoms with Gasteiger partial charge in [0.15, 0.2) is 0 Å². The highest BCUT2D eigenvalue weighted by Crippen LogP contribution is 2.15. The van der Waals surface area contributed by atoms with Gasteiger partial charge >= 0.3 is 0 Å². The van der Waals surface area contributed by atoms with E-state index >= 15 is 0 Å². The Bertz CT molecular complexity index is 261. The van der Waals surface area contributed by atoms with Crippen LogP contribution in [0, 0.1) is 0 Å². The number of rotatable bonds is 0. The van der Waals surface area contributed by atoms with Crippen LogP contribution in [0.5, 0.6) is 0 Å². The Morgan fingerprint density at radius 2 is 0.310 bits per heavy atom. The van der Waals surface area contributed by atoms with E-state index in [1.165, 1.54) is 174 Å². The fraction of sp³-hybridized carbons (Fsp3) is 1.00. The van der Waals surface area contributed by atoms with Gasteiger partial charge in [-0.15, -0.1) is 0 Å². The third-order valence-electron chi connectivity index (χ3n) is 7.35. The quantitative estimate of drug-likeness (QED) is 0.404. The molecule has 3 heterocycles. The van der Waals surface area contributed by atoms with E-state index < -0.39 is 0 Å². The number of hydrogen-bond acceptors (Lipinski definition) is 2. The van der Waals surface area contributed by atoms with E-state index in [-0.39, 0.29) is 0 Å². The van der Waals surface area contributed by atoms with Crippen LogP contribution in [0.4, 0.5) is 0 Å². The Kier molecular flexibility index (Phi) is 16.2. The maximum absolute atomic E-state index is 2.82. The first-order chi connectivity index (χ1) is 14.4. The molecule has 29 heavy (non-hydrogen) atoms. The molecule has 0 amide bonds. The van der Waals surface area contributed by atoms with E-state index in [4.69, 9.17) is 0 Å². The van der Waals surface area contributed by atoms with Crippen LogP contribution in [0.15, 0.2) is 0 Å². The van der Waals surface area contributed by atoms with Crippen molar-refractivity contribution >= 4 is 0 Å². The zero-order valence-electron chi connectivity index (χ0n) is 20.0. The van der Waals surface area contributed by atoms with Crippen LogP contribution >= 0.6 is 0 Å². The Morgan fingerprint density at radius 1 is 0.172 bits per heavy atom. The molecule has 3 aliphatic heterocycles. The van der Waals surface area contributed by atoms with Crippen LogP contribution in [-0.2, 0) is 0 Å². The highest BCUT2D eigenvalue weighted by atomic mass is 15.1. The van der Waals surface area contributed by atoms with Gasteiger partial charge in [0.25, 0.3) is 0 Å². The van der Waals surface area contributed by atoms with Crippen LogP contribution in [0.2, 0.25) is 0 Å². The molecule has 0 radical (unpaired) electrons. The van der Waals surface area contributed by atoms with Crippen molar-refractivity contribution in [3.63, 3.8) is 0 Å². The summed E-state index contributed by atoms with van der Waals surface area (Å²) in [5, 5.41) is 0. The molecule has 0 atom stereocenters. The van der Waals surface area contributed by atoms with Gasteiger partial charge in [-0.3, -0.25) is 0 Å². The van der Waals surface area contributed by atoms with Gasteiger partial charge in [0, 0.05) is 0 Å². The summed E-state index contributed by atoms with van der Waals surface area (Å²) in [5.41, 5.74) is 0. The fourth-order valence-corrected chi connectivity index (χ4v) is 5.33. The van der Waals surface area contributed by atoms with Crippen molar-refractivity contribution in [2.75, 3.05) is 39.3 Å². The topological polar surface area (TPSA) is 6.48 Å². The van der Waals surface area contributed by atoms with Gasteiger partial charge < -0.3 is 9.80 Å². The summed E-state index contributed by atoms with van der Waals surface area (Å²) < 4.78 is 0. The van der Waals surface area contributed by atoms with Gasteiger partial charge in [-0.2, -0.15) is 0 Å². The van der Waals surface area contributed by atoms with Crippen molar-refractivity contribution in [2.24, 2.45) is 0 Å². The van der Waals surface area contributed by atoms with Gasteiger partial charge in [-0.25, -0.2) is 0 Å². The SMILES string of the molecule is C1CCCCN2CCCCCCCCCN(CCCC1)CCCCCCCCC2. The highest BCUT2D eigenvalue weighted by Gasteiger charge is 2.08. The van der Waals surface area contributed by atoms with Crippen molar-refractivity contribution in [1.29, 1.82) is 0 Å². The highest BCUT2D eigenvalue weighted by molar-refractivity contribution is 4.63. The minimum absolute atomic E-state index is 1.37. The average Bonchev–Trinajstić information content (AvgIpc) is 2.72. The lowest BCUT2D eigenvalue weighted by molar-refractivity contribution is 0.247. The maximum Gasteiger partial charge on any atom is -0.00187 e. The summed E-state index contributed by atoms with van der Waals surface area (Å²) in [7, 11) is 0. The van der Waals surface area contributed by atoms with Crippen LogP contribution in [0.1, 0.15) is 135 Å². The molecule has 0 aromatic rings. The molecule has 0 unspecified atom stereocenters. The number of hydrogen-bond donors (Lipinski definition) is 0. The lowest BCUT2D eigenvalue weighted by Crippen LogP contribution is -2.27. The molecule has 2 heteroatoms. The molecule has 0 aromatic carbocycles. The summed E-state index contributed by atoms with van der Waals surface area (Å²) in [6, 6.07) is 0. The molecular formula is C27H54N2. The molecular weight excluding hydrogens is 352 g/mol. The molecule has 2 nitrogen and oxygen atoms in total. The molecule has 3 aliphatic rings.